The molecule has 0 aromatic heterocycles. The molecule has 0 saturated carbocycles. The van der Waals surface area contributed by atoms with Crippen LogP contribution in [0.1, 0.15) is 5.56 Å². The number of fused-ring (bicyclic) bond motifs is 1. The summed E-state index contributed by atoms with van der Waals surface area (Å²) in [7, 11) is 1.59. The molecule has 0 atom stereocenters. The topological polar surface area (TPSA) is 120 Å². The second kappa shape index (κ2) is 7.48. The first kappa shape index (κ1) is 17.8. The van der Waals surface area contributed by atoms with Crippen molar-refractivity contribution in [3.63, 3.8) is 0 Å². The van der Waals surface area contributed by atoms with E-state index in [1.165, 1.54) is 18.3 Å². The fraction of sp³-hybridized carbons (Fsp3) is 0.0556. The Kier molecular flexibility index (Phi) is 4.93. The predicted octanol–water partition coefficient (Wildman–Crippen LogP) is 4.11. The second-order valence-corrected chi connectivity index (χ2v) is 5.49. The number of anilines is 1. The molecule has 3 aromatic carbocycles. The van der Waals surface area contributed by atoms with Gasteiger partial charge >= 0.3 is 5.69 Å². The highest BCUT2D eigenvalue weighted by Crippen LogP contribution is 2.30. The molecule has 0 aliphatic rings. The lowest BCUT2D eigenvalue weighted by Gasteiger charge is -2.07. The number of non-ortho nitro benzene ring substituents is 1. The van der Waals surface area contributed by atoms with Crippen molar-refractivity contribution in [1.82, 2.24) is 0 Å². The van der Waals surface area contributed by atoms with Crippen LogP contribution in [0, 0.1) is 20.2 Å². The zero-order chi connectivity index (χ0) is 19.4. The van der Waals surface area contributed by atoms with Gasteiger partial charge in [-0.05, 0) is 23.6 Å². The molecular weight excluding hydrogens is 352 g/mol. The maximum Gasteiger partial charge on any atom is 0.301 e. The van der Waals surface area contributed by atoms with Crippen molar-refractivity contribution < 1.29 is 14.6 Å². The molecular formula is C18H14N4O5. The summed E-state index contributed by atoms with van der Waals surface area (Å²) in [5.41, 5.74) is 2.62. The molecule has 136 valence electrons. The number of methoxy groups -OCH3 is 1. The fourth-order valence-corrected chi connectivity index (χ4v) is 2.64. The molecule has 0 saturated heterocycles. The standard InChI is InChI=1S/C18H14N4O5/c1-27-18-9-6-12(14-4-2-3-5-15(14)18)11-19-20-16-8-7-13(21(23)24)10-17(16)22(25)26/h2-11,20H,1H3. The zero-order valence-corrected chi connectivity index (χ0v) is 14.2. The van der Waals surface area contributed by atoms with Crippen LogP contribution >= 0.6 is 0 Å². The molecule has 0 bridgehead atoms. The van der Waals surface area contributed by atoms with E-state index in [4.69, 9.17) is 4.74 Å². The smallest absolute Gasteiger partial charge is 0.301 e. The minimum absolute atomic E-state index is 0.0552. The molecule has 0 radical (unpaired) electrons. The number of rotatable bonds is 6. The fourth-order valence-electron chi connectivity index (χ4n) is 2.64. The highest BCUT2D eigenvalue weighted by atomic mass is 16.6. The van der Waals surface area contributed by atoms with Crippen molar-refractivity contribution in [1.29, 1.82) is 0 Å². The summed E-state index contributed by atoms with van der Waals surface area (Å²) in [6.45, 7) is 0. The summed E-state index contributed by atoms with van der Waals surface area (Å²) in [6.07, 6.45) is 1.52. The Labute approximate surface area is 153 Å². The van der Waals surface area contributed by atoms with Crippen LogP contribution in [0.2, 0.25) is 0 Å². The van der Waals surface area contributed by atoms with Gasteiger partial charge in [-0.25, -0.2) is 0 Å². The third-order valence-corrected chi connectivity index (χ3v) is 3.92. The Morgan fingerprint density at radius 3 is 2.41 bits per heavy atom. The van der Waals surface area contributed by atoms with Gasteiger partial charge in [0.05, 0.1) is 29.2 Å². The quantitative estimate of drug-likeness (QED) is 0.398. The Bertz CT molecular complexity index is 1060. The first-order valence-corrected chi connectivity index (χ1v) is 7.79. The van der Waals surface area contributed by atoms with Crippen LogP contribution < -0.4 is 10.2 Å². The van der Waals surface area contributed by atoms with E-state index in [2.05, 4.69) is 10.5 Å². The number of nitro benzene ring substituents is 2. The number of nitrogens with one attached hydrogen (secondary N) is 1. The number of nitro groups is 2. The highest BCUT2D eigenvalue weighted by molar-refractivity contribution is 6.02. The van der Waals surface area contributed by atoms with Gasteiger partial charge in [-0.15, -0.1) is 0 Å². The Hall–Kier alpha value is -4.01. The first-order valence-electron chi connectivity index (χ1n) is 7.79. The van der Waals surface area contributed by atoms with Gasteiger partial charge in [-0.1, -0.05) is 24.3 Å². The average Bonchev–Trinajstić information content (AvgIpc) is 2.68. The Morgan fingerprint density at radius 1 is 1.00 bits per heavy atom. The molecule has 9 heteroatoms. The lowest BCUT2D eigenvalue weighted by Crippen LogP contribution is -1.99. The van der Waals surface area contributed by atoms with Crippen molar-refractivity contribution in [2.45, 2.75) is 0 Å². The summed E-state index contributed by atoms with van der Waals surface area (Å²) >= 11 is 0. The molecule has 27 heavy (non-hydrogen) atoms. The first-order chi connectivity index (χ1) is 13.0. The second-order valence-electron chi connectivity index (χ2n) is 5.49. The minimum atomic E-state index is -0.701. The molecule has 3 rings (SSSR count). The summed E-state index contributed by atoms with van der Waals surface area (Å²) in [5, 5.41) is 27.8. The van der Waals surface area contributed by atoms with Crippen LogP contribution in [0.15, 0.2) is 59.7 Å². The summed E-state index contributed by atoms with van der Waals surface area (Å²) in [4.78, 5) is 20.5. The van der Waals surface area contributed by atoms with Crippen LogP contribution in [0.3, 0.4) is 0 Å². The SMILES string of the molecule is COc1ccc(C=NNc2ccc([N+](=O)[O-])cc2[N+](=O)[O-])c2ccccc12. The Balaban J connectivity index is 1.92. The van der Waals surface area contributed by atoms with Gasteiger partial charge in [0.25, 0.3) is 5.69 Å². The van der Waals surface area contributed by atoms with Crippen LogP contribution in [0.5, 0.6) is 5.75 Å². The maximum absolute atomic E-state index is 11.2. The van der Waals surface area contributed by atoms with E-state index in [-0.39, 0.29) is 11.4 Å². The van der Waals surface area contributed by atoms with Gasteiger partial charge in [-0.2, -0.15) is 5.10 Å². The average molecular weight is 366 g/mol. The lowest BCUT2D eigenvalue weighted by molar-refractivity contribution is -0.393. The van der Waals surface area contributed by atoms with E-state index >= 15 is 0 Å². The maximum atomic E-state index is 11.2. The van der Waals surface area contributed by atoms with Crippen LogP contribution in [0.25, 0.3) is 10.8 Å². The molecule has 0 spiro atoms. The van der Waals surface area contributed by atoms with E-state index in [0.717, 1.165) is 28.2 Å². The largest absolute Gasteiger partial charge is 0.496 e. The van der Waals surface area contributed by atoms with Crippen molar-refractivity contribution in [2.75, 3.05) is 12.5 Å². The molecule has 0 aliphatic carbocycles. The summed E-state index contributed by atoms with van der Waals surface area (Å²) in [6, 6.07) is 14.5. The summed E-state index contributed by atoms with van der Waals surface area (Å²) < 4.78 is 5.34. The highest BCUT2D eigenvalue weighted by Gasteiger charge is 2.19. The molecule has 0 amide bonds. The van der Waals surface area contributed by atoms with Crippen LogP contribution in [-0.2, 0) is 0 Å². The third-order valence-electron chi connectivity index (χ3n) is 3.92. The zero-order valence-electron chi connectivity index (χ0n) is 14.2. The molecule has 0 heterocycles. The number of nitrogens with zero attached hydrogens (tertiary/aromatic N) is 3. The number of hydrogen-bond acceptors (Lipinski definition) is 7. The third kappa shape index (κ3) is 3.66. The Morgan fingerprint density at radius 2 is 1.74 bits per heavy atom. The number of benzene rings is 3. The monoisotopic (exact) mass is 366 g/mol. The van der Waals surface area contributed by atoms with Crippen molar-refractivity contribution in [3.8, 4) is 5.75 Å². The van der Waals surface area contributed by atoms with E-state index in [9.17, 15) is 20.2 Å². The van der Waals surface area contributed by atoms with Gasteiger partial charge < -0.3 is 4.74 Å². The molecule has 3 aromatic rings. The van der Waals surface area contributed by atoms with Crippen LogP contribution in [0.4, 0.5) is 17.1 Å². The number of hydrogen-bond donors (Lipinski definition) is 1. The molecule has 0 unspecified atom stereocenters. The normalized spacial score (nSPS) is 10.9. The van der Waals surface area contributed by atoms with Crippen LogP contribution in [-0.4, -0.2) is 23.2 Å². The van der Waals surface area contributed by atoms with Crippen molar-refractivity contribution in [3.05, 3.63) is 80.4 Å². The minimum Gasteiger partial charge on any atom is -0.496 e. The number of hydrazone groups is 1. The number of ether oxygens (including phenoxy) is 1. The van der Waals surface area contributed by atoms with Gasteiger partial charge in [0.2, 0.25) is 0 Å². The van der Waals surface area contributed by atoms with E-state index < -0.39 is 15.5 Å². The molecule has 0 aliphatic heterocycles. The molecule has 1 N–H and O–H groups in total. The van der Waals surface area contributed by atoms with Gasteiger partial charge in [0.1, 0.15) is 11.4 Å². The van der Waals surface area contributed by atoms with Gasteiger partial charge in [0, 0.05) is 17.0 Å². The van der Waals surface area contributed by atoms with Gasteiger partial charge in [-0.3, -0.25) is 25.7 Å². The molecule has 0 fully saturated rings. The summed E-state index contributed by atoms with van der Waals surface area (Å²) in [5.74, 6) is 0.724. The van der Waals surface area contributed by atoms with Gasteiger partial charge in [0.15, 0.2) is 0 Å². The molecule has 9 nitrogen and oxygen atoms in total. The predicted molar refractivity (Wildman–Crippen MR) is 101 cm³/mol. The van der Waals surface area contributed by atoms with E-state index in [0.29, 0.717) is 0 Å². The van der Waals surface area contributed by atoms with Crippen molar-refractivity contribution >= 4 is 34.0 Å². The van der Waals surface area contributed by atoms with Crippen molar-refractivity contribution in [2.24, 2.45) is 5.10 Å². The van der Waals surface area contributed by atoms with E-state index in [1.807, 2.05) is 30.3 Å². The lowest BCUT2D eigenvalue weighted by atomic mass is 10.0. The van der Waals surface area contributed by atoms with E-state index in [1.54, 1.807) is 13.2 Å².